The molecular formula is C10H14N2O3. The number of carbonyl (C=O) groups excluding carboxylic acids is 2. The molecule has 5 nitrogen and oxygen atoms in total. The third kappa shape index (κ3) is 2.41. The van der Waals surface area contributed by atoms with E-state index >= 15 is 0 Å². The highest BCUT2D eigenvalue weighted by molar-refractivity contribution is 5.97. The lowest BCUT2D eigenvalue weighted by Crippen LogP contribution is -2.41. The van der Waals surface area contributed by atoms with Gasteiger partial charge in [-0.1, -0.05) is 0 Å². The third-order valence-electron chi connectivity index (χ3n) is 2.62. The Morgan fingerprint density at radius 3 is 2.73 bits per heavy atom. The number of aliphatic imine (C=N–C) groups is 1. The summed E-state index contributed by atoms with van der Waals surface area (Å²) >= 11 is 0. The molecule has 0 radical (unpaired) electrons. The van der Waals surface area contributed by atoms with Crippen molar-refractivity contribution in [2.45, 2.75) is 31.9 Å². The summed E-state index contributed by atoms with van der Waals surface area (Å²) in [6.45, 7) is 0.965. The number of likely N-dealkylation sites (tertiary alicyclic amines) is 1. The second-order valence-electron chi connectivity index (χ2n) is 3.70. The molecule has 2 aliphatic heterocycles. The van der Waals surface area contributed by atoms with Crippen LogP contribution in [-0.2, 0) is 14.3 Å². The number of piperidine rings is 1. The van der Waals surface area contributed by atoms with Gasteiger partial charge in [-0.3, -0.25) is 19.5 Å². The van der Waals surface area contributed by atoms with Crippen LogP contribution in [0.4, 0.5) is 0 Å². The van der Waals surface area contributed by atoms with E-state index in [1.54, 1.807) is 6.21 Å². The molecule has 1 atom stereocenters. The normalized spacial score (nSPS) is 26.4. The van der Waals surface area contributed by atoms with Crippen LogP contribution in [0.15, 0.2) is 4.99 Å². The van der Waals surface area contributed by atoms with E-state index in [1.165, 1.54) is 4.90 Å². The molecule has 0 saturated carbocycles. The zero-order valence-electron chi connectivity index (χ0n) is 8.52. The number of hydrogen-bond acceptors (Lipinski definition) is 4. The van der Waals surface area contributed by atoms with Crippen LogP contribution in [0, 0.1) is 0 Å². The number of amides is 2. The Morgan fingerprint density at radius 2 is 2.13 bits per heavy atom. The molecular weight excluding hydrogens is 196 g/mol. The second kappa shape index (κ2) is 4.53. The lowest BCUT2D eigenvalue weighted by molar-refractivity contribution is -0.148. The van der Waals surface area contributed by atoms with Crippen LogP contribution in [0.3, 0.4) is 0 Å². The number of ether oxygens (including phenoxy) is 1. The van der Waals surface area contributed by atoms with Gasteiger partial charge in [0, 0.05) is 32.0 Å². The topological polar surface area (TPSA) is 59.0 Å². The van der Waals surface area contributed by atoms with Crippen LogP contribution in [0.25, 0.3) is 0 Å². The first-order valence-corrected chi connectivity index (χ1v) is 5.24. The second-order valence-corrected chi connectivity index (χ2v) is 3.70. The van der Waals surface area contributed by atoms with Gasteiger partial charge in [0.25, 0.3) is 0 Å². The van der Waals surface area contributed by atoms with Crippen molar-refractivity contribution in [3.63, 3.8) is 0 Å². The van der Waals surface area contributed by atoms with Gasteiger partial charge in [0.05, 0.1) is 6.61 Å². The quantitative estimate of drug-likeness (QED) is 0.631. The zero-order valence-corrected chi connectivity index (χ0v) is 8.52. The minimum atomic E-state index is -0.174. The molecule has 0 N–H and O–H groups in total. The molecule has 1 fully saturated rings. The van der Waals surface area contributed by atoms with Crippen molar-refractivity contribution < 1.29 is 14.3 Å². The maximum atomic E-state index is 11.4. The van der Waals surface area contributed by atoms with Crippen LogP contribution < -0.4 is 0 Å². The Bertz CT molecular complexity index is 285. The van der Waals surface area contributed by atoms with E-state index in [1.807, 2.05) is 0 Å². The van der Waals surface area contributed by atoms with Gasteiger partial charge in [-0.25, -0.2) is 0 Å². The van der Waals surface area contributed by atoms with Crippen LogP contribution >= 0.6 is 0 Å². The number of hydrogen-bond donors (Lipinski definition) is 0. The van der Waals surface area contributed by atoms with Crippen molar-refractivity contribution in [3.05, 3.63) is 0 Å². The van der Waals surface area contributed by atoms with Crippen molar-refractivity contribution in [1.29, 1.82) is 0 Å². The molecule has 0 aromatic heterocycles. The summed E-state index contributed by atoms with van der Waals surface area (Å²) in [5.41, 5.74) is 0. The van der Waals surface area contributed by atoms with Crippen molar-refractivity contribution in [2.24, 2.45) is 4.99 Å². The van der Waals surface area contributed by atoms with E-state index in [9.17, 15) is 9.59 Å². The van der Waals surface area contributed by atoms with Crippen LogP contribution in [-0.4, -0.2) is 42.3 Å². The monoisotopic (exact) mass is 210 g/mol. The summed E-state index contributed by atoms with van der Waals surface area (Å²) in [5, 5.41) is 0. The van der Waals surface area contributed by atoms with Crippen LogP contribution in [0.1, 0.15) is 25.7 Å². The van der Waals surface area contributed by atoms with Crippen LogP contribution in [0.5, 0.6) is 0 Å². The highest BCUT2D eigenvalue weighted by Crippen LogP contribution is 2.14. The van der Waals surface area contributed by atoms with E-state index < -0.39 is 0 Å². The fourth-order valence-corrected chi connectivity index (χ4v) is 1.80. The number of carbonyl (C=O) groups is 2. The van der Waals surface area contributed by atoms with Gasteiger partial charge in [-0.15, -0.1) is 0 Å². The molecule has 1 unspecified atom stereocenters. The van der Waals surface area contributed by atoms with Crippen molar-refractivity contribution in [2.75, 3.05) is 13.2 Å². The average Bonchev–Trinajstić information content (AvgIpc) is 2.70. The Kier molecular flexibility index (Phi) is 3.11. The third-order valence-corrected chi connectivity index (χ3v) is 2.62. The van der Waals surface area contributed by atoms with Gasteiger partial charge in [-0.05, 0) is 6.42 Å². The van der Waals surface area contributed by atoms with E-state index in [0.29, 0.717) is 38.8 Å². The molecule has 2 rings (SSSR count). The Labute approximate surface area is 88.1 Å². The molecule has 2 amide bonds. The molecule has 2 heterocycles. The van der Waals surface area contributed by atoms with Crippen LogP contribution in [0.2, 0.25) is 0 Å². The molecule has 5 heteroatoms. The van der Waals surface area contributed by atoms with E-state index in [4.69, 9.17) is 4.74 Å². The van der Waals surface area contributed by atoms with Gasteiger partial charge in [0.2, 0.25) is 11.8 Å². The minimum Gasteiger partial charge on any atom is -0.351 e. The zero-order chi connectivity index (χ0) is 10.7. The molecule has 0 aromatic carbocycles. The van der Waals surface area contributed by atoms with Gasteiger partial charge >= 0.3 is 0 Å². The number of nitrogens with zero attached hydrogens (tertiary/aromatic N) is 2. The van der Waals surface area contributed by atoms with Crippen molar-refractivity contribution in [3.8, 4) is 0 Å². The summed E-state index contributed by atoms with van der Waals surface area (Å²) < 4.78 is 5.24. The maximum absolute atomic E-state index is 11.4. The SMILES string of the molecule is O=C1CCCC(=O)N1CCC1N=CCO1. The Morgan fingerprint density at radius 1 is 1.40 bits per heavy atom. The summed E-state index contributed by atoms with van der Waals surface area (Å²) in [6, 6.07) is 0. The fraction of sp³-hybridized carbons (Fsp3) is 0.700. The predicted octanol–water partition coefficient (Wildman–Crippen LogP) is 0.343. The van der Waals surface area contributed by atoms with E-state index in [-0.39, 0.29) is 18.0 Å². The highest BCUT2D eigenvalue weighted by atomic mass is 16.5. The molecule has 0 spiro atoms. The molecule has 82 valence electrons. The number of rotatable bonds is 3. The van der Waals surface area contributed by atoms with Crippen molar-refractivity contribution >= 4 is 18.0 Å². The van der Waals surface area contributed by atoms with Gasteiger partial charge in [0.15, 0.2) is 0 Å². The predicted molar refractivity (Wildman–Crippen MR) is 53.4 cm³/mol. The van der Waals surface area contributed by atoms with Crippen molar-refractivity contribution in [1.82, 2.24) is 4.90 Å². The first kappa shape index (κ1) is 10.3. The summed E-state index contributed by atoms with van der Waals surface area (Å²) in [6.07, 6.45) is 3.80. The van der Waals surface area contributed by atoms with Gasteiger partial charge in [0.1, 0.15) is 6.23 Å². The molecule has 0 aliphatic carbocycles. The molecule has 1 saturated heterocycles. The highest BCUT2D eigenvalue weighted by Gasteiger charge is 2.26. The summed E-state index contributed by atoms with van der Waals surface area (Å²) in [4.78, 5) is 28.3. The smallest absolute Gasteiger partial charge is 0.229 e. The lowest BCUT2D eigenvalue weighted by Gasteiger charge is -2.25. The molecule has 0 bridgehead atoms. The standard InChI is InChI=1S/C10H14N2O3/c13-9-2-1-3-10(14)12(9)6-4-8-11-5-7-15-8/h5,8H,1-4,6-7H2. The van der Waals surface area contributed by atoms with Gasteiger partial charge in [-0.2, -0.15) is 0 Å². The van der Waals surface area contributed by atoms with Gasteiger partial charge < -0.3 is 4.74 Å². The Hall–Kier alpha value is -1.23. The maximum Gasteiger partial charge on any atom is 0.229 e. The van der Waals surface area contributed by atoms with E-state index in [2.05, 4.69) is 4.99 Å². The molecule has 2 aliphatic rings. The lowest BCUT2D eigenvalue weighted by atomic mass is 10.1. The first-order chi connectivity index (χ1) is 7.27. The minimum absolute atomic E-state index is 0.0618. The molecule has 15 heavy (non-hydrogen) atoms. The first-order valence-electron chi connectivity index (χ1n) is 5.24. The fourth-order valence-electron chi connectivity index (χ4n) is 1.80. The largest absolute Gasteiger partial charge is 0.351 e. The Balaban J connectivity index is 1.83. The average molecular weight is 210 g/mol. The molecule has 0 aromatic rings. The number of imide groups is 1. The summed E-state index contributed by atoms with van der Waals surface area (Å²) in [7, 11) is 0. The van der Waals surface area contributed by atoms with E-state index in [0.717, 1.165) is 0 Å². The summed E-state index contributed by atoms with van der Waals surface area (Å²) in [5.74, 6) is -0.124.